The number of rotatable bonds is 12. The van der Waals surface area contributed by atoms with E-state index in [9.17, 15) is 21.9 Å². The predicted octanol–water partition coefficient (Wildman–Crippen LogP) is 8.00. The van der Waals surface area contributed by atoms with E-state index in [1.165, 1.54) is 6.07 Å². The van der Waals surface area contributed by atoms with Gasteiger partial charge in [-0.1, -0.05) is 136 Å². The van der Waals surface area contributed by atoms with Crippen LogP contribution < -0.4 is 44.1 Å². The Morgan fingerprint density at radius 1 is 0.529 bits per heavy atom. The van der Waals surface area contributed by atoms with E-state index in [-0.39, 0.29) is 98.5 Å². The summed E-state index contributed by atoms with van der Waals surface area (Å²) in [6, 6.07) is 22.5. The summed E-state index contributed by atoms with van der Waals surface area (Å²) in [6.45, 7) is 8.46. The Hall–Kier alpha value is -0.680. The second-order valence-corrected chi connectivity index (χ2v) is 17.0. The van der Waals surface area contributed by atoms with Crippen molar-refractivity contribution in [1.82, 2.24) is 0 Å². The summed E-state index contributed by atoms with van der Waals surface area (Å²) in [5.74, 6) is 1.74. The summed E-state index contributed by atoms with van der Waals surface area (Å²) in [5, 5.41) is 10.6. The van der Waals surface area contributed by atoms with E-state index < -0.39 is 25.7 Å². The number of para-hydroxylation sites is 3. The van der Waals surface area contributed by atoms with Crippen LogP contribution in [-0.4, -0.2) is 55.8 Å². The molecule has 0 aliphatic rings. The van der Waals surface area contributed by atoms with Crippen LogP contribution in [0.1, 0.15) is 72.3 Å². The Morgan fingerprint density at radius 3 is 1.06 bits per heavy atom. The first kappa shape index (κ1) is 65.2. The van der Waals surface area contributed by atoms with Crippen LogP contribution in [0, 0.1) is 10.8 Å². The molecule has 15 heteroatoms. The summed E-state index contributed by atoms with van der Waals surface area (Å²) in [4.78, 5) is 0. The Morgan fingerprint density at radius 2 is 0.804 bits per heavy atom. The standard InChI is InChI=1S/C17H18Br2O2.C7H16O6S2.C6H5BrO.6CH4.Na/c1-17(2,11-20-15-9-5-3-7-13(15)18)12-21-16-10-6-4-8-14(16)19;1-7(2,5-12-14(3,8)9)6-13-15(4,10)11;7-5-3-1-2-4-6(5)8;;;;;;;/h3-10H,11-12H2,1-2H3;5-6H2,1-4H3;1-4,8H;6*1H4;/q;;;;;;;;;+1/p-1. The van der Waals surface area contributed by atoms with E-state index in [4.69, 9.17) is 9.47 Å². The molecular weight excluding hydrogens is 903 g/mol. The number of hydrogen-bond donors (Lipinski definition) is 0. The number of ether oxygens (including phenoxy) is 2. The molecule has 0 N–H and O–H groups in total. The molecule has 9 nitrogen and oxygen atoms in total. The third-order valence-corrected chi connectivity index (χ3v) is 8.13. The van der Waals surface area contributed by atoms with E-state index in [1.807, 2.05) is 54.6 Å². The number of halogens is 3. The maximum absolute atomic E-state index is 10.7. The molecule has 0 atom stereocenters. The number of benzene rings is 3. The van der Waals surface area contributed by atoms with Gasteiger partial charge in [0.1, 0.15) is 11.5 Å². The van der Waals surface area contributed by atoms with Crippen molar-refractivity contribution >= 4 is 68.0 Å². The minimum Gasteiger partial charge on any atom is -0.872 e. The van der Waals surface area contributed by atoms with E-state index in [0.29, 0.717) is 17.7 Å². The molecule has 0 amide bonds. The van der Waals surface area contributed by atoms with Crippen molar-refractivity contribution in [2.24, 2.45) is 10.8 Å². The van der Waals surface area contributed by atoms with Crippen LogP contribution in [0.4, 0.5) is 0 Å². The van der Waals surface area contributed by atoms with Gasteiger partial charge in [0, 0.05) is 15.3 Å². The van der Waals surface area contributed by atoms with Crippen molar-refractivity contribution in [1.29, 1.82) is 0 Å². The minimum atomic E-state index is -3.52. The van der Waals surface area contributed by atoms with Crippen LogP contribution in [0.5, 0.6) is 17.2 Å². The van der Waals surface area contributed by atoms with Crippen LogP contribution in [0.3, 0.4) is 0 Å². The molecule has 0 spiro atoms. The van der Waals surface area contributed by atoms with Gasteiger partial charge in [0.2, 0.25) is 0 Å². The van der Waals surface area contributed by atoms with Gasteiger partial charge in [-0.15, -0.1) is 0 Å². The Kier molecular flexibility index (Phi) is 39.2. The molecule has 3 aromatic carbocycles. The van der Waals surface area contributed by atoms with Crippen molar-refractivity contribution < 1.29 is 69.3 Å². The average Bonchev–Trinajstić information content (AvgIpc) is 2.92. The molecule has 0 aliphatic heterocycles. The van der Waals surface area contributed by atoms with E-state index in [1.54, 1.807) is 26.0 Å². The fraction of sp³-hybridized carbons (Fsp3) is 0.500. The van der Waals surface area contributed by atoms with Crippen molar-refractivity contribution in [3.8, 4) is 17.2 Å². The van der Waals surface area contributed by atoms with Crippen molar-refractivity contribution in [2.75, 3.05) is 38.9 Å². The largest absolute Gasteiger partial charge is 1.00 e. The molecule has 3 rings (SSSR count). The van der Waals surface area contributed by atoms with Gasteiger partial charge in [0.15, 0.2) is 0 Å². The van der Waals surface area contributed by atoms with Crippen LogP contribution in [0.15, 0.2) is 86.2 Å². The summed E-state index contributed by atoms with van der Waals surface area (Å²) in [7, 11) is -7.03. The maximum Gasteiger partial charge on any atom is 1.00 e. The van der Waals surface area contributed by atoms with Crippen molar-refractivity contribution in [2.45, 2.75) is 72.3 Å². The first-order chi connectivity index (χ1) is 20.2. The van der Waals surface area contributed by atoms with Gasteiger partial charge in [-0.2, -0.15) is 16.8 Å². The van der Waals surface area contributed by atoms with Crippen LogP contribution >= 0.6 is 47.8 Å². The quantitative estimate of drug-likeness (QED) is 0.131. The van der Waals surface area contributed by atoms with E-state index in [2.05, 4.69) is 70.0 Å². The minimum absolute atomic E-state index is 0. The predicted molar refractivity (Wildman–Crippen MR) is 222 cm³/mol. The molecule has 294 valence electrons. The first-order valence-electron chi connectivity index (χ1n) is 13.0. The normalized spacial score (nSPS) is 10.2. The molecular formula is C36H62Br3NaO9S2. The number of hydrogen-bond acceptors (Lipinski definition) is 9. The molecule has 0 radical (unpaired) electrons. The van der Waals surface area contributed by atoms with Gasteiger partial charge >= 0.3 is 29.6 Å². The zero-order valence-corrected chi connectivity index (χ0v) is 34.8. The summed E-state index contributed by atoms with van der Waals surface area (Å²) >= 11 is 10.1. The summed E-state index contributed by atoms with van der Waals surface area (Å²) in [6.07, 6.45) is 1.86. The van der Waals surface area contributed by atoms with Crippen molar-refractivity contribution in [3.63, 3.8) is 0 Å². The Bertz CT molecular complexity index is 1430. The Labute approximate surface area is 359 Å². The molecule has 0 aromatic heterocycles. The van der Waals surface area contributed by atoms with Gasteiger partial charge in [0.05, 0.1) is 47.9 Å². The SMILES string of the molecule is C.C.C.C.C.C.CC(C)(COS(C)(=O)=O)COS(C)(=O)=O.CC(C)(COc1ccccc1Br)COc1ccccc1Br.[Na+].[O-]c1ccccc1Br. The second-order valence-electron chi connectivity index (χ2n) is 11.1. The van der Waals surface area contributed by atoms with Gasteiger partial charge in [0.25, 0.3) is 20.2 Å². The average molecular weight is 966 g/mol. The monoisotopic (exact) mass is 962 g/mol. The molecule has 0 heterocycles. The smallest absolute Gasteiger partial charge is 0.872 e. The van der Waals surface area contributed by atoms with Crippen LogP contribution in [0.2, 0.25) is 0 Å². The molecule has 0 fully saturated rings. The van der Waals surface area contributed by atoms with Crippen LogP contribution in [0.25, 0.3) is 0 Å². The molecule has 0 unspecified atom stereocenters. The third kappa shape index (κ3) is 32.5. The van der Waals surface area contributed by atoms with Crippen molar-refractivity contribution in [3.05, 3.63) is 86.2 Å². The summed E-state index contributed by atoms with van der Waals surface area (Å²) < 4.78 is 66.2. The van der Waals surface area contributed by atoms with Gasteiger partial charge in [-0.05, 0) is 62.2 Å². The van der Waals surface area contributed by atoms with E-state index in [0.717, 1.165) is 33.0 Å². The molecule has 3 aromatic rings. The topological polar surface area (TPSA) is 128 Å². The van der Waals surface area contributed by atoms with E-state index >= 15 is 0 Å². The zero-order valence-electron chi connectivity index (χ0n) is 26.4. The first-order valence-corrected chi connectivity index (χ1v) is 19.1. The fourth-order valence-corrected chi connectivity index (χ4v) is 4.88. The van der Waals surface area contributed by atoms with Gasteiger partial charge in [-0.25, -0.2) is 0 Å². The second kappa shape index (κ2) is 30.6. The molecule has 51 heavy (non-hydrogen) atoms. The van der Waals surface area contributed by atoms with Crippen LogP contribution in [-0.2, 0) is 28.6 Å². The summed E-state index contributed by atoms with van der Waals surface area (Å²) in [5.41, 5.74) is -0.781. The zero-order chi connectivity index (χ0) is 33.6. The fourth-order valence-electron chi connectivity index (χ4n) is 2.73. The molecule has 0 saturated carbocycles. The third-order valence-electron chi connectivity index (χ3n) is 5.07. The molecule has 0 aliphatic carbocycles. The van der Waals surface area contributed by atoms with Gasteiger partial charge < -0.3 is 14.6 Å². The molecule has 0 saturated heterocycles. The Balaban J connectivity index is -0.000000115. The maximum atomic E-state index is 10.7. The molecule has 0 bridgehead atoms. The van der Waals surface area contributed by atoms with Gasteiger partial charge in [-0.3, -0.25) is 8.37 Å².